The van der Waals surface area contributed by atoms with Crippen LogP contribution < -0.4 is 0 Å². The molecule has 0 bridgehead atoms. The van der Waals surface area contributed by atoms with E-state index in [0.717, 1.165) is 48.6 Å². The van der Waals surface area contributed by atoms with Crippen molar-refractivity contribution in [1.82, 2.24) is 14.2 Å². The summed E-state index contributed by atoms with van der Waals surface area (Å²) < 4.78 is 27.3. The van der Waals surface area contributed by atoms with E-state index < -0.39 is 10.0 Å². The minimum atomic E-state index is -3.49. The predicted molar refractivity (Wildman–Crippen MR) is 120 cm³/mol. The highest BCUT2D eigenvalue weighted by Crippen LogP contribution is 2.31. The summed E-state index contributed by atoms with van der Waals surface area (Å²) >= 11 is 0. The molecule has 3 aromatic rings. The minimum absolute atomic E-state index is 0.0445. The topological polar surface area (TPSA) is 73.5 Å². The Morgan fingerprint density at radius 3 is 2.45 bits per heavy atom. The first kappa shape index (κ1) is 20.3. The fourth-order valence-electron chi connectivity index (χ4n) is 4.41. The van der Waals surface area contributed by atoms with Crippen LogP contribution in [0, 0.1) is 0 Å². The molecule has 162 valence electrons. The SMILES string of the molecule is O=C(c1ccc(S(=O)(=O)N2CCCCC2)cc1)N(Cc1cccc2[nH]ccc12)C1CC1. The monoisotopic (exact) mass is 437 g/mol. The molecule has 7 heteroatoms. The van der Waals surface area contributed by atoms with Gasteiger partial charge in [-0.15, -0.1) is 0 Å². The van der Waals surface area contributed by atoms with Crippen molar-refractivity contribution in [3.8, 4) is 0 Å². The van der Waals surface area contributed by atoms with Gasteiger partial charge < -0.3 is 9.88 Å². The summed E-state index contributed by atoms with van der Waals surface area (Å²) in [7, 11) is -3.49. The molecule has 2 aromatic carbocycles. The Bertz CT molecular complexity index is 1190. The first-order valence-corrected chi connectivity index (χ1v) is 12.4. The molecule has 5 rings (SSSR count). The number of sulfonamides is 1. The minimum Gasteiger partial charge on any atom is -0.361 e. The number of H-pyrrole nitrogens is 1. The Balaban J connectivity index is 1.37. The highest BCUT2D eigenvalue weighted by Gasteiger charge is 2.34. The maximum absolute atomic E-state index is 13.3. The van der Waals surface area contributed by atoms with Crippen molar-refractivity contribution in [2.24, 2.45) is 0 Å². The van der Waals surface area contributed by atoms with Gasteiger partial charge in [0.1, 0.15) is 0 Å². The van der Waals surface area contributed by atoms with Crippen LogP contribution in [0.2, 0.25) is 0 Å². The van der Waals surface area contributed by atoms with Gasteiger partial charge >= 0.3 is 0 Å². The van der Waals surface area contributed by atoms with Crippen LogP contribution in [0.25, 0.3) is 10.9 Å². The van der Waals surface area contributed by atoms with E-state index in [9.17, 15) is 13.2 Å². The van der Waals surface area contributed by atoms with Crippen LogP contribution in [0.3, 0.4) is 0 Å². The van der Waals surface area contributed by atoms with Crippen LogP contribution in [0.1, 0.15) is 48.0 Å². The maximum Gasteiger partial charge on any atom is 0.254 e. The van der Waals surface area contributed by atoms with E-state index in [4.69, 9.17) is 0 Å². The van der Waals surface area contributed by atoms with Gasteiger partial charge in [-0.1, -0.05) is 18.6 Å². The van der Waals surface area contributed by atoms with Gasteiger partial charge in [0.2, 0.25) is 10.0 Å². The highest BCUT2D eigenvalue weighted by atomic mass is 32.2. The second kappa shape index (κ2) is 8.13. The molecule has 0 spiro atoms. The molecule has 2 heterocycles. The molecule has 0 atom stereocenters. The fraction of sp³-hybridized carbons (Fsp3) is 0.375. The first-order valence-electron chi connectivity index (χ1n) is 11.0. The van der Waals surface area contributed by atoms with Gasteiger partial charge in [-0.2, -0.15) is 4.31 Å². The quantitative estimate of drug-likeness (QED) is 0.630. The molecule has 2 aliphatic rings. The van der Waals surface area contributed by atoms with Crippen LogP contribution in [0.15, 0.2) is 59.6 Å². The van der Waals surface area contributed by atoms with Crippen molar-refractivity contribution < 1.29 is 13.2 Å². The Hall–Kier alpha value is -2.64. The van der Waals surface area contributed by atoms with Gasteiger partial charge in [-0.05, 0) is 67.6 Å². The molecule has 1 saturated heterocycles. The Labute approximate surface area is 182 Å². The summed E-state index contributed by atoms with van der Waals surface area (Å²) in [6.45, 7) is 1.69. The van der Waals surface area contributed by atoms with Crippen LogP contribution in [-0.4, -0.2) is 47.6 Å². The number of aromatic amines is 1. The Morgan fingerprint density at radius 1 is 1.00 bits per heavy atom. The number of fused-ring (bicyclic) bond motifs is 1. The molecule has 0 unspecified atom stereocenters. The molecule has 6 nitrogen and oxygen atoms in total. The number of amides is 1. The number of nitrogens with one attached hydrogen (secondary N) is 1. The molecular formula is C24H27N3O3S. The molecule has 2 fully saturated rings. The maximum atomic E-state index is 13.3. The molecule has 1 saturated carbocycles. The molecule has 31 heavy (non-hydrogen) atoms. The Morgan fingerprint density at radius 2 is 1.74 bits per heavy atom. The van der Waals surface area contributed by atoms with Gasteiger partial charge in [-0.25, -0.2) is 8.42 Å². The lowest BCUT2D eigenvalue weighted by Gasteiger charge is -2.26. The molecule has 0 radical (unpaired) electrons. The zero-order valence-corrected chi connectivity index (χ0v) is 18.3. The number of hydrogen-bond acceptors (Lipinski definition) is 3. The van der Waals surface area contributed by atoms with Gasteiger partial charge in [0.05, 0.1) is 4.90 Å². The third-order valence-corrected chi connectivity index (χ3v) is 8.24. The van der Waals surface area contributed by atoms with E-state index in [2.05, 4.69) is 11.1 Å². The van der Waals surface area contributed by atoms with Crippen molar-refractivity contribution in [3.63, 3.8) is 0 Å². The second-order valence-corrected chi connectivity index (χ2v) is 10.4. The lowest BCUT2D eigenvalue weighted by Crippen LogP contribution is -2.35. The van der Waals surface area contributed by atoms with E-state index >= 15 is 0 Å². The number of aromatic nitrogens is 1. The zero-order chi connectivity index (χ0) is 21.4. The lowest BCUT2D eigenvalue weighted by molar-refractivity contribution is 0.0730. The summed E-state index contributed by atoms with van der Waals surface area (Å²) in [5, 5.41) is 1.13. The van der Waals surface area contributed by atoms with E-state index in [1.165, 1.54) is 0 Å². The van der Waals surface area contributed by atoms with Crippen LogP contribution in [0.5, 0.6) is 0 Å². The average Bonchev–Trinajstić information content (AvgIpc) is 3.53. The van der Waals surface area contributed by atoms with E-state index in [0.29, 0.717) is 25.2 Å². The summed E-state index contributed by atoms with van der Waals surface area (Å²) in [6, 6.07) is 14.9. The Kier molecular flexibility index (Phi) is 5.32. The smallest absolute Gasteiger partial charge is 0.254 e. The fourth-order valence-corrected chi connectivity index (χ4v) is 5.93. The number of benzene rings is 2. The van der Waals surface area contributed by atoms with E-state index in [1.54, 1.807) is 28.6 Å². The lowest BCUT2D eigenvalue weighted by atomic mass is 10.1. The van der Waals surface area contributed by atoms with Gasteiger partial charge in [-0.3, -0.25) is 4.79 Å². The van der Waals surface area contributed by atoms with Crippen molar-refractivity contribution in [2.45, 2.75) is 49.6 Å². The number of nitrogens with zero attached hydrogens (tertiary/aromatic N) is 2. The molecule has 1 aromatic heterocycles. The summed E-state index contributed by atoms with van der Waals surface area (Å²) in [5.41, 5.74) is 2.71. The number of carbonyl (C=O) groups excluding carboxylic acids is 1. The number of hydrogen-bond donors (Lipinski definition) is 1. The highest BCUT2D eigenvalue weighted by molar-refractivity contribution is 7.89. The molecule has 1 N–H and O–H groups in total. The van der Waals surface area contributed by atoms with Crippen LogP contribution >= 0.6 is 0 Å². The second-order valence-electron chi connectivity index (χ2n) is 8.51. The van der Waals surface area contributed by atoms with Crippen LogP contribution in [-0.2, 0) is 16.6 Å². The summed E-state index contributed by atoms with van der Waals surface area (Å²) in [6.07, 6.45) is 6.82. The van der Waals surface area contributed by atoms with Crippen LogP contribution in [0.4, 0.5) is 0 Å². The van der Waals surface area contributed by atoms with Gasteiger partial charge in [0.25, 0.3) is 5.91 Å². The third kappa shape index (κ3) is 4.00. The molecular weight excluding hydrogens is 410 g/mol. The summed E-state index contributed by atoms with van der Waals surface area (Å²) in [5.74, 6) is -0.0445. The van der Waals surface area contributed by atoms with Crippen molar-refractivity contribution >= 4 is 26.8 Å². The molecule has 1 aliphatic carbocycles. The van der Waals surface area contributed by atoms with E-state index in [-0.39, 0.29) is 16.8 Å². The van der Waals surface area contributed by atoms with Gasteiger partial charge in [0.15, 0.2) is 0 Å². The number of carbonyl (C=O) groups is 1. The van der Waals surface area contributed by atoms with Gasteiger partial charge in [0, 0.05) is 48.3 Å². The van der Waals surface area contributed by atoms with Crippen molar-refractivity contribution in [2.75, 3.05) is 13.1 Å². The predicted octanol–water partition coefficient (Wildman–Crippen LogP) is 4.15. The van der Waals surface area contributed by atoms with Crippen molar-refractivity contribution in [3.05, 3.63) is 65.9 Å². The molecule has 1 amide bonds. The summed E-state index contributed by atoms with van der Waals surface area (Å²) in [4.78, 5) is 18.7. The number of rotatable bonds is 6. The molecule has 1 aliphatic heterocycles. The zero-order valence-electron chi connectivity index (χ0n) is 17.5. The van der Waals surface area contributed by atoms with E-state index in [1.807, 2.05) is 29.3 Å². The largest absolute Gasteiger partial charge is 0.361 e. The first-order chi connectivity index (χ1) is 15.0. The number of piperidine rings is 1. The van der Waals surface area contributed by atoms with Crippen molar-refractivity contribution in [1.29, 1.82) is 0 Å². The normalized spacial score (nSPS) is 17.7. The third-order valence-electron chi connectivity index (χ3n) is 6.33. The average molecular weight is 438 g/mol. The standard InChI is InChI=1S/C24H27N3O3S/c28-24(18-7-11-21(12-8-18)31(29,30)26-15-2-1-3-16-26)27(20-9-10-20)17-19-5-4-6-23-22(19)13-14-25-23/h4-8,11-14,20,25H,1-3,9-10,15-17H2.